The first-order valence-electron chi connectivity index (χ1n) is 25.2. The molecule has 8 amide bonds. The van der Waals surface area contributed by atoms with Crippen LogP contribution in [-0.4, -0.2) is 83.2 Å². The number of benzene rings is 4. The molecule has 0 radical (unpaired) electrons. The third-order valence-electron chi connectivity index (χ3n) is 13.7. The van der Waals surface area contributed by atoms with E-state index in [4.69, 9.17) is 28.4 Å². The van der Waals surface area contributed by atoms with Gasteiger partial charge in [0.25, 0.3) is 22.3 Å². The lowest BCUT2D eigenvalue weighted by Gasteiger charge is -2.28. The van der Waals surface area contributed by atoms with Gasteiger partial charge in [-0.25, -0.2) is 9.59 Å². The van der Waals surface area contributed by atoms with Gasteiger partial charge in [0, 0.05) is 0 Å². The van der Waals surface area contributed by atoms with Gasteiger partial charge in [-0.15, -0.1) is 0 Å². The molecular weight excluding hydrogens is 1020 g/mol. The highest BCUT2D eigenvalue weighted by molar-refractivity contribution is 8.15. The highest BCUT2D eigenvalue weighted by Gasteiger charge is 2.33. The van der Waals surface area contributed by atoms with Crippen molar-refractivity contribution in [1.82, 2.24) is 21.3 Å². The number of cyclic esters (lactones) is 2. The maximum Gasteiger partial charge on any atom is 0.419 e. The molecule has 4 aromatic rings. The molecule has 396 valence electrons. The zero-order valence-corrected chi connectivity index (χ0v) is 42.9. The van der Waals surface area contributed by atoms with Crippen molar-refractivity contribution in [2.45, 2.75) is 74.7 Å². The van der Waals surface area contributed by atoms with E-state index in [2.05, 4.69) is 21.3 Å². The Morgan fingerprint density at radius 2 is 0.697 bits per heavy atom. The lowest BCUT2D eigenvalue weighted by molar-refractivity contribution is -0.119. The Kier molecular flexibility index (Phi) is 17.7. The SMILES string of the molecule is O=C1NC(=O)C(=Cc2ccc(OCC3CCC(COc4ccc(C=C5OC(=O)NC5=O)cc4)CC3)cc2)O1.O=C1NC(=O)C(Cc2ccc(OCC3CCC(COc4ccc(CC5SC(=O)NC5=O)cc4)CC3)cc2)S1. The third kappa shape index (κ3) is 15.3. The van der Waals surface area contributed by atoms with Crippen molar-refractivity contribution in [3.8, 4) is 23.0 Å². The molecule has 2 unspecified atom stereocenters. The first kappa shape index (κ1) is 53.3. The zero-order chi connectivity index (χ0) is 53.0. The molecule has 4 aliphatic heterocycles. The van der Waals surface area contributed by atoms with Crippen LogP contribution in [0, 0.1) is 23.7 Å². The van der Waals surface area contributed by atoms with Gasteiger partial charge in [-0.2, -0.15) is 0 Å². The Labute approximate surface area is 446 Å². The summed E-state index contributed by atoms with van der Waals surface area (Å²) >= 11 is 2.10. The van der Waals surface area contributed by atoms with E-state index in [1.807, 2.05) is 72.8 Å². The van der Waals surface area contributed by atoms with Gasteiger partial charge in [-0.1, -0.05) is 72.1 Å². The van der Waals surface area contributed by atoms with Gasteiger partial charge in [0.05, 0.1) is 36.9 Å². The molecular formula is C56H56N4O14S2. The van der Waals surface area contributed by atoms with Crippen LogP contribution >= 0.6 is 23.5 Å². The smallest absolute Gasteiger partial charge is 0.419 e. The molecule has 0 spiro atoms. The quantitative estimate of drug-likeness (QED) is 0.0680. The summed E-state index contributed by atoms with van der Waals surface area (Å²) in [4.78, 5) is 91.5. The second kappa shape index (κ2) is 25.3. The molecule has 2 atom stereocenters. The van der Waals surface area contributed by atoms with Gasteiger partial charge in [0.15, 0.2) is 11.5 Å². The molecule has 4 heterocycles. The molecule has 4 aromatic carbocycles. The Balaban J connectivity index is 0.000000186. The number of alkyl carbamates (subject to hydrolysis) is 2. The average Bonchev–Trinajstić information content (AvgIpc) is 4.14. The van der Waals surface area contributed by atoms with Crippen LogP contribution in [0.1, 0.15) is 73.6 Å². The highest BCUT2D eigenvalue weighted by atomic mass is 32.2. The maximum atomic E-state index is 11.7. The van der Waals surface area contributed by atoms with E-state index < -0.39 is 24.0 Å². The maximum absolute atomic E-state index is 11.7. The van der Waals surface area contributed by atoms with Crippen LogP contribution < -0.4 is 40.2 Å². The predicted octanol–water partition coefficient (Wildman–Crippen LogP) is 8.90. The predicted molar refractivity (Wildman–Crippen MR) is 281 cm³/mol. The Morgan fingerprint density at radius 1 is 0.408 bits per heavy atom. The topological polar surface area (TPSA) is 240 Å². The summed E-state index contributed by atoms with van der Waals surface area (Å²) in [6, 6.07) is 30.1. The van der Waals surface area contributed by atoms with Crippen molar-refractivity contribution < 1.29 is 66.8 Å². The van der Waals surface area contributed by atoms with Crippen molar-refractivity contribution in [3.05, 3.63) is 131 Å². The standard InChI is InChI=1S/C28H26N2O8.C28H30N2O6S2/c2*31-25-23(37-27(33)29-25)13-17-5-9-21(10-6-17)35-15-19-1-2-20(4-3-19)16-36-22-11-7-18(8-12-22)14-24-26(32)30-28(34)38-24/h5-14,19-20H,1-4,15-16H2,(H,29,31,33)(H,30,32,34);5-12,19-20,23-24H,1-4,13-16H2,(H,29,31,33)(H,30,32,34). The average molecular weight is 1070 g/mol. The summed E-state index contributed by atoms with van der Waals surface area (Å²) in [5.74, 6) is 3.54. The van der Waals surface area contributed by atoms with Crippen molar-refractivity contribution >= 4 is 82.0 Å². The summed E-state index contributed by atoms with van der Waals surface area (Å²) in [5.41, 5.74) is 3.48. The molecule has 6 aliphatic rings. The van der Waals surface area contributed by atoms with Crippen LogP contribution in [0.5, 0.6) is 23.0 Å². The number of nitrogens with one attached hydrogen (secondary N) is 4. The monoisotopic (exact) mass is 1070 g/mol. The second-order valence-corrected chi connectivity index (χ2v) is 21.7. The van der Waals surface area contributed by atoms with Crippen LogP contribution in [0.15, 0.2) is 109 Å². The molecule has 2 aliphatic carbocycles. The summed E-state index contributed by atoms with van der Waals surface area (Å²) in [6.45, 7) is 2.65. The number of imide groups is 4. The van der Waals surface area contributed by atoms with Gasteiger partial charge < -0.3 is 28.4 Å². The largest absolute Gasteiger partial charge is 0.493 e. The molecule has 2 saturated carbocycles. The molecule has 0 bridgehead atoms. The minimum atomic E-state index is -0.766. The lowest BCUT2D eigenvalue weighted by Crippen LogP contribution is -2.25. The van der Waals surface area contributed by atoms with Crippen molar-refractivity contribution in [3.63, 3.8) is 0 Å². The fourth-order valence-electron chi connectivity index (χ4n) is 9.38. The van der Waals surface area contributed by atoms with Crippen LogP contribution in [0.3, 0.4) is 0 Å². The Hall–Kier alpha value is -7.58. The summed E-state index contributed by atoms with van der Waals surface area (Å²) in [6.07, 6.45) is 11.2. The van der Waals surface area contributed by atoms with Crippen LogP contribution in [0.25, 0.3) is 12.2 Å². The zero-order valence-electron chi connectivity index (χ0n) is 41.3. The summed E-state index contributed by atoms with van der Waals surface area (Å²) < 4.78 is 33.6. The van der Waals surface area contributed by atoms with Gasteiger partial charge in [-0.3, -0.25) is 50.0 Å². The molecule has 6 fully saturated rings. The fourth-order valence-corrected chi connectivity index (χ4v) is 11.1. The van der Waals surface area contributed by atoms with Crippen molar-refractivity contribution in [1.29, 1.82) is 0 Å². The Bertz CT molecular complexity index is 2660. The number of hydrogen-bond acceptors (Lipinski definition) is 16. The molecule has 76 heavy (non-hydrogen) atoms. The molecule has 4 saturated heterocycles. The number of carbonyl (C=O) groups is 8. The van der Waals surface area contributed by atoms with E-state index in [0.29, 0.717) is 62.9 Å². The van der Waals surface area contributed by atoms with Gasteiger partial charge in [-0.05, 0) is 171 Å². The highest BCUT2D eigenvalue weighted by Crippen LogP contribution is 2.33. The third-order valence-corrected chi connectivity index (χ3v) is 15.7. The minimum absolute atomic E-state index is 0.0253. The normalized spacial score (nSPS) is 24.2. The van der Waals surface area contributed by atoms with Gasteiger partial charge in [0.1, 0.15) is 23.0 Å². The first-order chi connectivity index (χ1) is 36.8. The van der Waals surface area contributed by atoms with Gasteiger partial charge >= 0.3 is 12.2 Å². The Morgan fingerprint density at radius 3 is 0.947 bits per heavy atom. The number of amides is 8. The summed E-state index contributed by atoms with van der Waals surface area (Å²) in [5, 5.41) is 7.51. The van der Waals surface area contributed by atoms with Gasteiger partial charge in [0.2, 0.25) is 11.8 Å². The summed E-state index contributed by atoms with van der Waals surface area (Å²) in [7, 11) is 0. The lowest BCUT2D eigenvalue weighted by atomic mass is 9.83. The van der Waals surface area contributed by atoms with Crippen LogP contribution in [0.4, 0.5) is 19.2 Å². The van der Waals surface area contributed by atoms with E-state index in [0.717, 1.165) is 120 Å². The second-order valence-electron chi connectivity index (χ2n) is 19.3. The van der Waals surface area contributed by atoms with E-state index in [1.54, 1.807) is 24.3 Å². The van der Waals surface area contributed by atoms with E-state index in [9.17, 15) is 38.4 Å². The van der Waals surface area contributed by atoms with Crippen molar-refractivity contribution in [2.75, 3.05) is 26.4 Å². The van der Waals surface area contributed by atoms with Crippen LogP contribution in [0.2, 0.25) is 0 Å². The first-order valence-corrected chi connectivity index (χ1v) is 27.0. The minimum Gasteiger partial charge on any atom is -0.493 e. The number of rotatable bonds is 18. The number of hydrogen-bond donors (Lipinski definition) is 4. The number of carbonyl (C=O) groups excluding carboxylic acids is 8. The number of thioether (sulfide) groups is 2. The fraction of sp³-hybridized carbons (Fsp3) is 0.357. The van der Waals surface area contributed by atoms with Crippen LogP contribution in [-0.2, 0) is 41.5 Å². The molecule has 0 aromatic heterocycles. The molecule has 20 heteroatoms. The number of ether oxygens (including phenoxy) is 6. The molecule has 4 N–H and O–H groups in total. The van der Waals surface area contributed by atoms with Crippen molar-refractivity contribution in [2.24, 2.45) is 23.7 Å². The van der Waals surface area contributed by atoms with E-state index in [1.165, 1.54) is 12.2 Å². The van der Waals surface area contributed by atoms with E-state index >= 15 is 0 Å². The molecule has 18 nitrogen and oxygen atoms in total. The van der Waals surface area contributed by atoms with E-state index in [-0.39, 0.29) is 44.3 Å². The molecule has 10 rings (SSSR count).